The number of fused-ring (bicyclic) bond motifs is 6. The Morgan fingerprint density at radius 3 is 2.14 bits per heavy atom. The molecule has 63 heavy (non-hydrogen) atoms. The van der Waals surface area contributed by atoms with Crippen LogP contribution in [-0.4, -0.2) is 131 Å². The molecule has 11 atom stereocenters. The quantitative estimate of drug-likeness (QED) is 0.121. The topological polar surface area (TPSA) is 240 Å². The zero-order valence-corrected chi connectivity index (χ0v) is 38.7. The lowest BCUT2D eigenvalue weighted by Crippen LogP contribution is -2.62. The Bertz CT molecular complexity index is 1760. The van der Waals surface area contributed by atoms with Gasteiger partial charge in [-0.3, -0.25) is 14.4 Å². The maximum Gasteiger partial charge on any atom is 0.330 e. The molecular formula is C46H70O17. The summed E-state index contributed by atoms with van der Waals surface area (Å²) in [5, 5.41) is 47.7. The SMILES string of the molecule is CCCC(=O)OC1/C(=C/C(=O)OC)CC2CC(C(C)O)OC(=O)CC(O)CC3CC(OC(=O)C(C)(C)C)C(C)(C)C(O)(CC4C/C(=C/C(=O)OC)CC(/C=C/C(C)(C)C1(O)O2)O4)O3. The maximum atomic E-state index is 13.5. The Balaban J connectivity index is 1.90. The number of aliphatic hydroxyl groups excluding tert-OH is 2. The van der Waals surface area contributed by atoms with Crippen molar-refractivity contribution in [3.63, 3.8) is 0 Å². The van der Waals surface area contributed by atoms with E-state index in [0.717, 1.165) is 6.08 Å². The molecule has 4 aliphatic rings. The minimum Gasteiger partial charge on any atom is -0.466 e. The van der Waals surface area contributed by atoms with Gasteiger partial charge in [0.1, 0.15) is 12.2 Å². The summed E-state index contributed by atoms with van der Waals surface area (Å²) in [6, 6.07) is 0. The van der Waals surface area contributed by atoms with Crippen molar-refractivity contribution < 1.29 is 82.3 Å². The molecule has 4 heterocycles. The molecule has 3 saturated heterocycles. The molecule has 0 amide bonds. The highest BCUT2D eigenvalue weighted by Gasteiger charge is 2.60. The molecule has 17 nitrogen and oxygen atoms in total. The van der Waals surface area contributed by atoms with Crippen molar-refractivity contribution in [2.24, 2.45) is 16.2 Å². The highest BCUT2D eigenvalue weighted by Crippen LogP contribution is 2.50. The monoisotopic (exact) mass is 894 g/mol. The van der Waals surface area contributed by atoms with Gasteiger partial charge in [-0.05, 0) is 59.0 Å². The summed E-state index contributed by atoms with van der Waals surface area (Å²) < 4.78 is 47.1. The Morgan fingerprint density at radius 2 is 1.54 bits per heavy atom. The van der Waals surface area contributed by atoms with E-state index in [9.17, 15) is 44.4 Å². The predicted molar refractivity (Wildman–Crippen MR) is 224 cm³/mol. The molecule has 4 N–H and O–H groups in total. The summed E-state index contributed by atoms with van der Waals surface area (Å²) in [5.74, 6) is -7.97. The third kappa shape index (κ3) is 12.8. The van der Waals surface area contributed by atoms with Crippen LogP contribution in [0.1, 0.15) is 127 Å². The summed E-state index contributed by atoms with van der Waals surface area (Å²) in [5.41, 5.74) is -2.89. The number of carbonyl (C=O) groups excluding carboxylic acids is 5. The number of ether oxygens (including phenoxy) is 8. The number of esters is 5. The average Bonchev–Trinajstić information content (AvgIpc) is 3.16. The van der Waals surface area contributed by atoms with Crippen molar-refractivity contribution >= 4 is 29.8 Å². The zero-order chi connectivity index (χ0) is 47.3. The largest absolute Gasteiger partial charge is 0.466 e. The van der Waals surface area contributed by atoms with E-state index in [-0.39, 0.29) is 56.9 Å². The fraction of sp³-hybridized carbons (Fsp3) is 0.761. The summed E-state index contributed by atoms with van der Waals surface area (Å²) >= 11 is 0. The fourth-order valence-corrected chi connectivity index (χ4v) is 8.44. The number of carbonyl (C=O) groups is 5. The van der Waals surface area contributed by atoms with Crippen LogP contribution in [0.3, 0.4) is 0 Å². The normalized spacial score (nSPS) is 36.2. The number of cyclic esters (lactones) is 1. The van der Waals surface area contributed by atoms with Gasteiger partial charge in [0.05, 0.1) is 68.1 Å². The molecule has 4 rings (SSSR count). The van der Waals surface area contributed by atoms with Gasteiger partial charge in [0.25, 0.3) is 0 Å². The summed E-state index contributed by atoms with van der Waals surface area (Å²) in [4.78, 5) is 65.4. The summed E-state index contributed by atoms with van der Waals surface area (Å²) in [7, 11) is 2.42. The highest BCUT2D eigenvalue weighted by atomic mass is 16.7. The van der Waals surface area contributed by atoms with Crippen LogP contribution in [0.4, 0.5) is 0 Å². The summed E-state index contributed by atoms with van der Waals surface area (Å²) in [6.07, 6.45) is -4.69. The van der Waals surface area contributed by atoms with Crippen LogP contribution in [0.5, 0.6) is 0 Å². The van der Waals surface area contributed by atoms with E-state index < -0.39 is 119 Å². The highest BCUT2D eigenvalue weighted by molar-refractivity contribution is 5.83. The number of aliphatic hydroxyl groups is 4. The minimum absolute atomic E-state index is 0.0102. The molecule has 356 valence electrons. The Kier molecular flexibility index (Phi) is 17.0. The first kappa shape index (κ1) is 51.9. The molecule has 3 fully saturated rings. The fourth-order valence-electron chi connectivity index (χ4n) is 8.44. The lowest BCUT2D eigenvalue weighted by atomic mass is 9.70. The van der Waals surface area contributed by atoms with Crippen molar-refractivity contribution in [3.05, 3.63) is 35.5 Å². The van der Waals surface area contributed by atoms with E-state index in [2.05, 4.69) is 0 Å². The zero-order valence-electron chi connectivity index (χ0n) is 38.7. The van der Waals surface area contributed by atoms with Gasteiger partial charge < -0.3 is 58.3 Å². The van der Waals surface area contributed by atoms with Crippen LogP contribution in [0.2, 0.25) is 0 Å². The van der Waals surface area contributed by atoms with Crippen LogP contribution < -0.4 is 0 Å². The van der Waals surface area contributed by atoms with E-state index in [1.807, 2.05) is 0 Å². The van der Waals surface area contributed by atoms with Gasteiger partial charge in [0.15, 0.2) is 11.9 Å². The summed E-state index contributed by atoms with van der Waals surface area (Å²) in [6.45, 7) is 14.9. The first-order chi connectivity index (χ1) is 29.2. The first-order valence-electron chi connectivity index (χ1n) is 21.8. The molecule has 11 unspecified atom stereocenters. The Hall–Kier alpha value is -3.71. The number of hydrogen-bond donors (Lipinski definition) is 4. The smallest absolute Gasteiger partial charge is 0.330 e. The molecule has 0 spiro atoms. The molecule has 0 radical (unpaired) electrons. The molecular weight excluding hydrogens is 824 g/mol. The van der Waals surface area contributed by atoms with Gasteiger partial charge in [0, 0.05) is 49.7 Å². The Morgan fingerprint density at radius 1 is 0.889 bits per heavy atom. The van der Waals surface area contributed by atoms with Crippen LogP contribution in [0.25, 0.3) is 0 Å². The van der Waals surface area contributed by atoms with E-state index in [0.29, 0.717) is 12.0 Å². The second-order valence-corrected chi connectivity index (χ2v) is 19.5. The number of hydrogen-bond acceptors (Lipinski definition) is 17. The van der Waals surface area contributed by atoms with Crippen LogP contribution in [-0.2, 0) is 61.9 Å². The lowest BCUT2D eigenvalue weighted by molar-refractivity contribution is -0.349. The number of rotatable bonds is 7. The predicted octanol–water partition coefficient (Wildman–Crippen LogP) is 4.19. The first-order valence-corrected chi connectivity index (χ1v) is 21.8. The molecule has 6 bridgehead atoms. The van der Waals surface area contributed by atoms with Crippen LogP contribution >= 0.6 is 0 Å². The molecule has 0 saturated carbocycles. The molecule has 0 aromatic carbocycles. The van der Waals surface area contributed by atoms with Crippen LogP contribution in [0.15, 0.2) is 35.5 Å². The number of methoxy groups -OCH3 is 2. The Labute approximate surface area is 370 Å². The second-order valence-electron chi connectivity index (χ2n) is 19.5. The third-order valence-corrected chi connectivity index (χ3v) is 12.5. The molecule has 17 heteroatoms. The van der Waals surface area contributed by atoms with E-state index in [4.69, 9.17) is 37.9 Å². The molecule has 0 aliphatic carbocycles. The van der Waals surface area contributed by atoms with Gasteiger partial charge in [-0.2, -0.15) is 0 Å². The van der Waals surface area contributed by atoms with Crippen molar-refractivity contribution in [1.82, 2.24) is 0 Å². The van der Waals surface area contributed by atoms with Crippen molar-refractivity contribution in [1.29, 1.82) is 0 Å². The average molecular weight is 895 g/mol. The lowest BCUT2D eigenvalue weighted by Gasteiger charge is -2.54. The van der Waals surface area contributed by atoms with Gasteiger partial charge >= 0.3 is 29.8 Å². The van der Waals surface area contributed by atoms with Gasteiger partial charge in [0.2, 0.25) is 5.79 Å². The molecule has 0 aromatic heterocycles. The van der Waals surface area contributed by atoms with Gasteiger partial charge in [-0.25, -0.2) is 9.59 Å². The molecule has 4 aliphatic heterocycles. The maximum absolute atomic E-state index is 13.5. The second kappa shape index (κ2) is 20.6. The van der Waals surface area contributed by atoms with Crippen molar-refractivity contribution in [2.75, 3.05) is 14.2 Å². The van der Waals surface area contributed by atoms with Crippen LogP contribution in [0, 0.1) is 16.2 Å². The minimum atomic E-state index is -2.41. The standard InChI is InChI=1S/C46H70O17/c1-12-13-36(49)61-40-28(20-38(51)57-11)19-31-23-34(26(2)47)59-39(52)22-29(48)21-32-24-35(60-41(53)42(3,4)5)44(8,9)45(54,62-32)25-33-17-27(18-37(50)56-10)16-30(58-33)14-15-43(6,7)46(40,55)63-31/h14-15,18,20,26,29-35,40,47-48,54-55H,12-13,16-17,19,21-25H2,1-11H3/b15-14+,27-18+,28-20+. The van der Waals surface area contributed by atoms with Gasteiger partial charge in [-0.1, -0.05) is 52.3 Å². The molecule has 0 aromatic rings. The third-order valence-electron chi connectivity index (χ3n) is 12.5. The van der Waals surface area contributed by atoms with Gasteiger partial charge in [-0.15, -0.1) is 0 Å². The van der Waals surface area contributed by atoms with Crippen molar-refractivity contribution in [3.8, 4) is 0 Å². The van der Waals surface area contributed by atoms with E-state index in [1.165, 1.54) is 27.2 Å². The van der Waals surface area contributed by atoms with E-state index in [1.54, 1.807) is 67.5 Å². The van der Waals surface area contributed by atoms with E-state index >= 15 is 0 Å². The van der Waals surface area contributed by atoms with Crippen molar-refractivity contribution in [2.45, 2.75) is 193 Å².